The minimum atomic E-state index is -3.69. The molecule has 1 fully saturated rings. The molecule has 1 aliphatic heterocycles. The highest BCUT2D eigenvalue weighted by atomic mass is 32.2. The van der Waals surface area contributed by atoms with E-state index in [1.807, 2.05) is 25.9 Å². The fourth-order valence-corrected chi connectivity index (χ4v) is 6.59. The third kappa shape index (κ3) is 5.30. The number of sulfonamides is 1. The van der Waals surface area contributed by atoms with E-state index in [9.17, 15) is 17.6 Å². The summed E-state index contributed by atoms with van der Waals surface area (Å²) in [6.07, 6.45) is 1.21. The van der Waals surface area contributed by atoms with Gasteiger partial charge in [-0.15, -0.1) is 0 Å². The number of nitrogens with zero attached hydrogens (tertiary/aromatic N) is 4. The van der Waals surface area contributed by atoms with Gasteiger partial charge in [0.15, 0.2) is 5.13 Å². The van der Waals surface area contributed by atoms with E-state index in [4.69, 9.17) is 0 Å². The van der Waals surface area contributed by atoms with Gasteiger partial charge in [0.1, 0.15) is 5.82 Å². The molecule has 1 amide bonds. The van der Waals surface area contributed by atoms with Gasteiger partial charge in [0.05, 0.1) is 21.0 Å². The zero-order valence-electron chi connectivity index (χ0n) is 19.6. The number of aromatic nitrogens is 1. The van der Waals surface area contributed by atoms with E-state index >= 15 is 0 Å². The van der Waals surface area contributed by atoms with Crippen LogP contribution in [-0.4, -0.2) is 68.8 Å². The van der Waals surface area contributed by atoms with Crippen molar-refractivity contribution in [3.8, 4) is 0 Å². The Bertz CT molecular complexity index is 1280. The van der Waals surface area contributed by atoms with Crippen LogP contribution < -0.4 is 4.90 Å². The number of hydrogen-bond donors (Lipinski definition) is 0. The van der Waals surface area contributed by atoms with Gasteiger partial charge >= 0.3 is 0 Å². The summed E-state index contributed by atoms with van der Waals surface area (Å²) in [6.45, 7) is 3.46. The van der Waals surface area contributed by atoms with Crippen LogP contribution in [0.2, 0.25) is 0 Å². The van der Waals surface area contributed by atoms with Crippen LogP contribution in [0.3, 0.4) is 0 Å². The summed E-state index contributed by atoms with van der Waals surface area (Å²) >= 11 is 1.27. The molecule has 7 nitrogen and oxygen atoms in total. The molecule has 0 spiro atoms. The Kier molecular flexibility index (Phi) is 7.32. The Balaban J connectivity index is 1.59. The van der Waals surface area contributed by atoms with Crippen LogP contribution in [0.15, 0.2) is 47.4 Å². The van der Waals surface area contributed by atoms with Gasteiger partial charge in [-0.05, 0) is 64.2 Å². The van der Waals surface area contributed by atoms with Crippen LogP contribution in [-0.2, 0) is 14.8 Å². The number of benzene rings is 2. The van der Waals surface area contributed by atoms with Crippen molar-refractivity contribution in [3.63, 3.8) is 0 Å². The molecule has 2 heterocycles. The van der Waals surface area contributed by atoms with Crippen LogP contribution in [0.25, 0.3) is 10.2 Å². The van der Waals surface area contributed by atoms with E-state index < -0.39 is 15.9 Å². The summed E-state index contributed by atoms with van der Waals surface area (Å²) in [5.74, 6) is -0.969. The monoisotopic (exact) mass is 504 g/mol. The molecule has 2 aromatic carbocycles. The molecule has 0 bridgehead atoms. The smallest absolute Gasteiger partial charge is 0.243 e. The molecule has 1 aliphatic rings. The van der Waals surface area contributed by atoms with Crippen LogP contribution in [0.4, 0.5) is 9.52 Å². The van der Waals surface area contributed by atoms with Crippen molar-refractivity contribution in [1.29, 1.82) is 0 Å². The van der Waals surface area contributed by atoms with Gasteiger partial charge in [0, 0.05) is 26.2 Å². The largest absolute Gasteiger partial charge is 0.308 e. The maximum atomic E-state index is 13.7. The first-order valence-electron chi connectivity index (χ1n) is 11.2. The average molecular weight is 505 g/mol. The molecular formula is C24H29FN4O3S2. The second-order valence-corrected chi connectivity index (χ2v) is 11.9. The molecule has 0 N–H and O–H groups in total. The number of likely N-dealkylation sites (N-methyl/N-ethyl adjacent to an activating group) is 1. The fraction of sp³-hybridized carbons (Fsp3) is 0.417. The molecule has 1 unspecified atom stereocenters. The number of halogens is 1. The van der Waals surface area contributed by atoms with Gasteiger partial charge in [-0.1, -0.05) is 29.0 Å². The molecule has 0 saturated carbocycles. The molecular weight excluding hydrogens is 475 g/mol. The molecule has 4 rings (SSSR count). The van der Waals surface area contributed by atoms with Crippen LogP contribution in [0.5, 0.6) is 0 Å². The first-order valence-corrected chi connectivity index (χ1v) is 13.5. The summed E-state index contributed by atoms with van der Waals surface area (Å²) in [6, 6.07) is 11.2. The van der Waals surface area contributed by atoms with Gasteiger partial charge in [0.25, 0.3) is 0 Å². The Labute approximate surface area is 203 Å². The number of anilines is 1. The second kappa shape index (κ2) is 10.1. The topological polar surface area (TPSA) is 73.8 Å². The Morgan fingerprint density at radius 1 is 1.18 bits per heavy atom. The standard InChI is InChI=1S/C24H29FN4O3S2/c1-17-6-9-20(10-7-17)34(31,32)28-12-4-5-18(16-28)23(30)29(14-13-27(2)3)24-26-21-11-8-19(25)15-22(21)33-24/h6-11,15,18H,4-5,12-14,16H2,1-3H3. The van der Waals surface area contributed by atoms with Crippen molar-refractivity contribution in [2.75, 3.05) is 45.2 Å². The molecule has 1 saturated heterocycles. The van der Waals surface area contributed by atoms with E-state index in [1.165, 1.54) is 27.8 Å². The SMILES string of the molecule is Cc1ccc(S(=O)(=O)N2CCCC(C(=O)N(CCN(C)C)c3nc4ccc(F)cc4s3)C2)cc1. The van der Waals surface area contributed by atoms with Gasteiger partial charge < -0.3 is 4.90 Å². The summed E-state index contributed by atoms with van der Waals surface area (Å²) in [5.41, 5.74) is 1.62. The highest BCUT2D eigenvalue weighted by Gasteiger charge is 2.36. The first-order chi connectivity index (χ1) is 16.1. The van der Waals surface area contributed by atoms with Gasteiger partial charge in [0.2, 0.25) is 15.9 Å². The van der Waals surface area contributed by atoms with Crippen LogP contribution in [0.1, 0.15) is 18.4 Å². The van der Waals surface area contributed by atoms with Crippen molar-refractivity contribution in [1.82, 2.24) is 14.2 Å². The lowest BCUT2D eigenvalue weighted by Crippen LogP contribution is -2.48. The van der Waals surface area contributed by atoms with E-state index in [1.54, 1.807) is 35.2 Å². The quantitative estimate of drug-likeness (QED) is 0.490. The minimum absolute atomic E-state index is 0.132. The Morgan fingerprint density at radius 2 is 1.91 bits per heavy atom. The van der Waals surface area contributed by atoms with Crippen molar-refractivity contribution >= 4 is 42.6 Å². The number of piperidine rings is 1. The molecule has 3 aromatic rings. The van der Waals surface area contributed by atoms with E-state index in [2.05, 4.69) is 4.98 Å². The fourth-order valence-electron chi connectivity index (χ4n) is 4.04. The zero-order valence-corrected chi connectivity index (χ0v) is 21.2. The lowest BCUT2D eigenvalue weighted by atomic mass is 9.98. The van der Waals surface area contributed by atoms with Crippen LogP contribution in [0, 0.1) is 18.7 Å². The van der Waals surface area contributed by atoms with E-state index in [0.717, 1.165) is 5.56 Å². The van der Waals surface area contributed by atoms with Crippen molar-refractivity contribution in [3.05, 3.63) is 53.8 Å². The van der Waals surface area contributed by atoms with Gasteiger partial charge in [-0.3, -0.25) is 9.69 Å². The van der Waals surface area contributed by atoms with Crippen molar-refractivity contribution < 1.29 is 17.6 Å². The number of aryl methyl sites for hydroxylation is 1. The van der Waals surface area contributed by atoms with E-state index in [0.29, 0.717) is 47.8 Å². The molecule has 0 radical (unpaired) electrons. The number of rotatable bonds is 7. The maximum absolute atomic E-state index is 13.7. The molecule has 34 heavy (non-hydrogen) atoms. The number of thiazole rings is 1. The lowest BCUT2D eigenvalue weighted by Gasteiger charge is -2.34. The average Bonchev–Trinajstić information content (AvgIpc) is 3.22. The summed E-state index contributed by atoms with van der Waals surface area (Å²) in [4.78, 5) is 22.1. The van der Waals surface area contributed by atoms with Crippen molar-refractivity contribution in [2.24, 2.45) is 5.92 Å². The summed E-state index contributed by atoms with van der Waals surface area (Å²) < 4.78 is 42.2. The maximum Gasteiger partial charge on any atom is 0.243 e. The highest BCUT2D eigenvalue weighted by Crippen LogP contribution is 2.32. The van der Waals surface area contributed by atoms with E-state index in [-0.39, 0.29) is 23.2 Å². The third-order valence-electron chi connectivity index (χ3n) is 6.00. The number of fused-ring (bicyclic) bond motifs is 1. The van der Waals surface area contributed by atoms with Crippen LogP contribution >= 0.6 is 11.3 Å². The second-order valence-electron chi connectivity index (χ2n) is 8.92. The minimum Gasteiger partial charge on any atom is -0.308 e. The summed E-state index contributed by atoms with van der Waals surface area (Å²) in [7, 11) is 0.160. The number of amides is 1. The molecule has 0 aliphatic carbocycles. The molecule has 1 atom stereocenters. The van der Waals surface area contributed by atoms with Gasteiger partial charge in [-0.25, -0.2) is 17.8 Å². The predicted molar refractivity (Wildman–Crippen MR) is 133 cm³/mol. The van der Waals surface area contributed by atoms with Gasteiger partial charge in [-0.2, -0.15) is 4.31 Å². The summed E-state index contributed by atoms with van der Waals surface area (Å²) in [5, 5.41) is 0.506. The predicted octanol–water partition coefficient (Wildman–Crippen LogP) is 3.74. The third-order valence-corrected chi connectivity index (χ3v) is 8.92. The zero-order chi connectivity index (χ0) is 24.5. The molecule has 182 valence electrons. The molecule has 10 heteroatoms. The normalized spacial score (nSPS) is 17.4. The number of hydrogen-bond acceptors (Lipinski definition) is 6. The molecule has 1 aromatic heterocycles. The number of carbonyl (C=O) groups is 1. The Hall–Kier alpha value is -2.40. The Morgan fingerprint density at radius 3 is 2.62 bits per heavy atom. The van der Waals surface area contributed by atoms with Crippen molar-refractivity contribution in [2.45, 2.75) is 24.7 Å². The highest BCUT2D eigenvalue weighted by molar-refractivity contribution is 7.89. The first kappa shape index (κ1) is 24.7. The lowest BCUT2D eigenvalue weighted by molar-refractivity contribution is -0.123. The number of carbonyl (C=O) groups excluding carboxylic acids is 1.